The third-order valence-electron chi connectivity index (χ3n) is 3.76. The summed E-state index contributed by atoms with van der Waals surface area (Å²) in [7, 11) is 4.24. The number of aromatic nitrogens is 4. The topological polar surface area (TPSA) is 49.6 Å². The summed E-state index contributed by atoms with van der Waals surface area (Å²) in [6, 6.07) is 2.39. The standard InChI is InChI=1S/C12H17ClN6/c1-8-5-18(6-9(8)17(2)3)11-4-10(13)16-12-14-7-15-19(11)12/h4,7-9H,5-6H2,1-3H3. The van der Waals surface area contributed by atoms with Crippen LogP contribution in [0, 0.1) is 5.92 Å². The molecule has 3 heterocycles. The lowest BCUT2D eigenvalue weighted by Gasteiger charge is -2.23. The Morgan fingerprint density at radius 3 is 2.84 bits per heavy atom. The Hall–Kier alpha value is -1.40. The van der Waals surface area contributed by atoms with Crippen LogP contribution in [-0.4, -0.2) is 57.7 Å². The van der Waals surface area contributed by atoms with Crippen molar-refractivity contribution in [2.24, 2.45) is 5.92 Å². The molecule has 2 atom stereocenters. The molecule has 2 aromatic heterocycles. The predicted molar refractivity (Wildman–Crippen MR) is 74.6 cm³/mol. The van der Waals surface area contributed by atoms with Crippen molar-refractivity contribution in [3.05, 3.63) is 17.5 Å². The zero-order chi connectivity index (χ0) is 13.6. The van der Waals surface area contributed by atoms with E-state index in [9.17, 15) is 0 Å². The Kier molecular flexibility index (Phi) is 3.06. The van der Waals surface area contributed by atoms with Gasteiger partial charge in [0.1, 0.15) is 17.3 Å². The Labute approximate surface area is 117 Å². The van der Waals surface area contributed by atoms with Gasteiger partial charge in [0.25, 0.3) is 5.78 Å². The molecule has 3 rings (SSSR count). The lowest BCUT2D eigenvalue weighted by atomic mass is 10.1. The summed E-state index contributed by atoms with van der Waals surface area (Å²) in [6.07, 6.45) is 1.51. The number of likely N-dealkylation sites (N-methyl/N-ethyl adjacent to an activating group) is 1. The zero-order valence-corrected chi connectivity index (χ0v) is 12.0. The fourth-order valence-corrected chi connectivity index (χ4v) is 2.98. The second kappa shape index (κ2) is 4.61. The minimum absolute atomic E-state index is 0.455. The average molecular weight is 281 g/mol. The average Bonchev–Trinajstić information content (AvgIpc) is 2.93. The van der Waals surface area contributed by atoms with Crippen molar-refractivity contribution in [1.29, 1.82) is 0 Å². The molecule has 2 unspecified atom stereocenters. The number of hydrogen-bond acceptors (Lipinski definition) is 5. The third kappa shape index (κ3) is 2.15. The maximum atomic E-state index is 6.07. The highest BCUT2D eigenvalue weighted by Crippen LogP contribution is 2.27. The van der Waals surface area contributed by atoms with E-state index in [2.05, 4.69) is 45.9 Å². The first-order valence-electron chi connectivity index (χ1n) is 6.34. The largest absolute Gasteiger partial charge is 0.354 e. The van der Waals surface area contributed by atoms with Gasteiger partial charge in [0.15, 0.2) is 0 Å². The van der Waals surface area contributed by atoms with Crippen molar-refractivity contribution in [2.75, 3.05) is 32.1 Å². The third-order valence-corrected chi connectivity index (χ3v) is 3.96. The lowest BCUT2D eigenvalue weighted by Crippen LogP contribution is -2.34. The van der Waals surface area contributed by atoms with Crippen molar-refractivity contribution in [1.82, 2.24) is 24.5 Å². The summed E-state index contributed by atoms with van der Waals surface area (Å²) in [4.78, 5) is 12.8. The van der Waals surface area contributed by atoms with Crippen LogP contribution in [-0.2, 0) is 0 Å². The van der Waals surface area contributed by atoms with E-state index in [4.69, 9.17) is 11.6 Å². The second-order valence-corrected chi connectivity index (χ2v) is 5.71. The van der Waals surface area contributed by atoms with Crippen molar-refractivity contribution in [2.45, 2.75) is 13.0 Å². The Morgan fingerprint density at radius 2 is 2.16 bits per heavy atom. The fourth-order valence-electron chi connectivity index (χ4n) is 2.80. The number of fused-ring (bicyclic) bond motifs is 1. The molecule has 0 bridgehead atoms. The minimum Gasteiger partial charge on any atom is -0.354 e. The van der Waals surface area contributed by atoms with Gasteiger partial charge in [-0.15, -0.1) is 0 Å². The normalized spacial score (nSPS) is 23.7. The molecule has 0 aliphatic carbocycles. The summed E-state index contributed by atoms with van der Waals surface area (Å²) in [6.45, 7) is 4.22. The van der Waals surface area contributed by atoms with Crippen molar-refractivity contribution in [3.63, 3.8) is 0 Å². The van der Waals surface area contributed by atoms with Gasteiger partial charge in [-0.25, -0.2) is 0 Å². The number of rotatable bonds is 2. The number of halogens is 1. The van der Waals surface area contributed by atoms with Gasteiger partial charge in [-0.3, -0.25) is 0 Å². The summed E-state index contributed by atoms with van der Waals surface area (Å²) in [5.74, 6) is 2.10. The van der Waals surface area contributed by atoms with E-state index in [0.717, 1.165) is 18.9 Å². The van der Waals surface area contributed by atoms with E-state index in [-0.39, 0.29) is 0 Å². The molecule has 0 saturated carbocycles. The molecule has 102 valence electrons. The Balaban J connectivity index is 1.99. The minimum atomic E-state index is 0.455. The van der Waals surface area contributed by atoms with Crippen LogP contribution in [0.4, 0.5) is 5.82 Å². The van der Waals surface area contributed by atoms with E-state index in [1.54, 1.807) is 4.52 Å². The van der Waals surface area contributed by atoms with Crippen LogP contribution in [0.15, 0.2) is 12.4 Å². The second-order valence-electron chi connectivity index (χ2n) is 5.32. The van der Waals surface area contributed by atoms with Crippen LogP contribution in [0.2, 0.25) is 5.15 Å². The summed E-state index contributed by atoms with van der Waals surface area (Å²) in [5, 5.41) is 4.68. The van der Waals surface area contributed by atoms with E-state index >= 15 is 0 Å². The highest BCUT2D eigenvalue weighted by molar-refractivity contribution is 6.29. The quantitative estimate of drug-likeness (QED) is 0.773. The molecule has 1 aliphatic heterocycles. The van der Waals surface area contributed by atoms with Crippen molar-refractivity contribution >= 4 is 23.2 Å². The van der Waals surface area contributed by atoms with E-state index in [1.165, 1.54) is 6.33 Å². The molecule has 0 N–H and O–H groups in total. The molecule has 1 fully saturated rings. The summed E-state index contributed by atoms with van der Waals surface area (Å²) < 4.78 is 1.75. The first-order valence-corrected chi connectivity index (χ1v) is 6.71. The molecule has 6 nitrogen and oxygen atoms in total. The van der Waals surface area contributed by atoms with Gasteiger partial charge in [0.05, 0.1) is 0 Å². The molecule has 19 heavy (non-hydrogen) atoms. The molecule has 0 aromatic carbocycles. The van der Waals surface area contributed by atoms with Crippen LogP contribution < -0.4 is 4.90 Å². The lowest BCUT2D eigenvalue weighted by molar-refractivity contribution is 0.266. The van der Waals surface area contributed by atoms with Crippen molar-refractivity contribution < 1.29 is 0 Å². The van der Waals surface area contributed by atoms with Crippen LogP contribution in [0.1, 0.15) is 6.92 Å². The van der Waals surface area contributed by atoms with Crippen LogP contribution in [0.25, 0.3) is 5.78 Å². The molecule has 0 radical (unpaired) electrons. The van der Waals surface area contributed by atoms with Gasteiger partial charge in [0.2, 0.25) is 0 Å². The Bertz CT molecular complexity index is 595. The van der Waals surface area contributed by atoms with Gasteiger partial charge < -0.3 is 9.80 Å². The predicted octanol–water partition coefficient (Wildman–Crippen LogP) is 1.16. The number of hydrogen-bond donors (Lipinski definition) is 0. The monoisotopic (exact) mass is 280 g/mol. The van der Waals surface area contributed by atoms with Crippen LogP contribution in [0.5, 0.6) is 0 Å². The van der Waals surface area contributed by atoms with Gasteiger partial charge in [-0.05, 0) is 20.0 Å². The first kappa shape index (κ1) is 12.6. The molecule has 1 aliphatic rings. The smallest absolute Gasteiger partial charge is 0.255 e. The first-order chi connectivity index (χ1) is 9.06. The number of anilines is 1. The van der Waals surface area contributed by atoms with Gasteiger partial charge in [-0.1, -0.05) is 18.5 Å². The highest BCUT2D eigenvalue weighted by atomic mass is 35.5. The number of nitrogens with zero attached hydrogens (tertiary/aromatic N) is 6. The SMILES string of the molecule is CC1CN(c2cc(Cl)nc3ncnn23)CC1N(C)C. The molecule has 0 spiro atoms. The molecule has 0 amide bonds. The molecule has 2 aromatic rings. The van der Waals surface area contributed by atoms with Crippen molar-refractivity contribution in [3.8, 4) is 0 Å². The molecule has 7 heteroatoms. The van der Waals surface area contributed by atoms with Crippen LogP contribution >= 0.6 is 11.6 Å². The van der Waals surface area contributed by atoms with E-state index < -0.39 is 0 Å². The summed E-state index contributed by atoms with van der Waals surface area (Å²) in [5.41, 5.74) is 0. The van der Waals surface area contributed by atoms with Gasteiger partial charge in [-0.2, -0.15) is 19.6 Å². The van der Waals surface area contributed by atoms with E-state index in [1.807, 2.05) is 6.07 Å². The Morgan fingerprint density at radius 1 is 1.37 bits per heavy atom. The maximum Gasteiger partial charge on any atom is 0.255 e. The fraction of sp³-hybridized carbons (Fsp3) is 0.583. The summed E-state index contributed by atoms with van der Waals surface area (Å²) >= 11 is 6.07. The van der Waals surface area contributed by atoms with E-state index in [0.29, 0.717) is 22.9 Å². The molecular weight excluding hydrogens is 264 g/mol. The van der Waals surface area contributed by atoms with Crippen LogP contribution in [0.3, 0.4) is 0 Å². The molecular formula is C12H17ClN6. The maximum absolute atomic E-state index is 6.07. The van der Waals surface area contributed by atoms with Gasteiger partial charge in [0, 0.05) is 25.2 Å². The highest BCUT2D eigenvalue weighted by Gasteiger charge is 2.32. The van der Waals surface area contributed by atoms with Gasteiger partial charge >= 0.3 is 0 Å². The zero-order valence-electron chi connectivity index (χ0n) is 11.3. The molecule has 1 saturated heterocycles.